The molecule has 0 saturated carbocycles. The van der Waals surface area contributed by atoms with Gasteiger partial charge in [0.15, 0.2) is 0 Å². The molecule has 2 aromatic carbocycles. The zero-order valence-electron chi connectivity index (χ0n) is 16.4. The minimum atomic E-state index is -0.503. The van der Waals surface area contributed by atoms with Crippen LogP contribution in [0, 0.1) is 18.3 Å². The Labute approximate surface area is 175 Å². The van der Waals surface area contributed by atoms with Gasteiger partial charge in [0.2, 0.25) is 0 Å². The van der Waals surface area contributed by atoms with Gasteiger partial charge < -0.3 is 19.7 Å². The van der Waals surface area contributed by atoms with Crippen molar-refractivity contribution in [3.05, 3.63) is 58.1 Å². The molecular weight excluding hydrogens is 390 g/mol. The Bertz CT molecular complexity index is 976. The monoisotopic (exact) mass is 411 g/mol. The summed E-state index contributed by atoms with van der Waals surface area (Å²) in [5, 5.41) is 12.8. The maximum atomic E-state index is 12.6. The second-order valence-corrected chi connectivity index (χ2v) is 6.97. The van der Waals surface area contributed by atoms with Gasteiger partial charge >= 0.3 is 0 Å². The molecule has 6 nitrogen and oxygen atoms in total. The molecule has 1 N–H and O–H groups in total. The summed E-state index contributed by atoms with van der Waals surface area (Å²) in [5.41, 5.74) is 2.95. The number of rotatable bonds is 5. The number of nitriles is 1. The molecule has 1 aliphatic heterocycles. The van der Waals surface area contributed by atoms with Crippen molar-refractivity contribution in [2.24, 2.45) is 0 Å². The molecule has 7 heteroatoms. The maximum Gasteiger partial charge on any atom is 0.266 e. The number of hydrogen-bond donors (Lipinski definition) is 1. The van der Waals surface area contributed by atoms with E-state index in [9.17, 15) is 10.1 Å². The van der Waals surface area contributed by atoms with Gasteiger partial charge in [-0.25, -0.2) is 0 Å². The first-order chi connectivity index (χ1) is 14.0. The van der Waals surface area contributed by atoms with E-state index in [4.69, 9.17) is 21.1 Å². The summed E-state index contributed by atoms with van der Waals surface area (Å²) in [6, 6.07) is 12.9. The van der Waals surface area contributed by atoms with Crippen molar-refractivity contribution in [3.63, 3.8) is 0 Å². The van der Waals surface area contributed by atoms with Crippen LogP contribution in [0.25, 0.3) is 6.08 Å². The number of anilines is 2. The van der Waals surface area contributed by atoms with E-state index >= 15 is 0 Å². The molecule has 0 atom stereocenters. The predicted octanol–water partition coefficient (Wildman–Crippen LogP) is 4.04. The number of hydrogen-bond acceptors (Lipinski definition) is 5. The Kier molecular flexibility index (Phi) is 6.76. The Morgan fingerprint density at radius 3 is 2.76 bits per heavy atom. The average molecular weight is 412 g/mol. The van der Waals surface area contributed by atoms with Gasteiger partial charge in [-0.05, 0) is 42.8 Å². The Hall–Kier alpha value is -3.01. The molecule has 1 saturated heterocycles. The number of methoxy groups -OCH3 is 1. The number of morpholine rings is 1. The number of halogens is 1. The maximum absolute atomic E-state index is 12.6. The van der Waals surface area contributed by atoms with Gasteiger partial charge in [-0.2, -0.15) is 5.26 Å². The van der Waals surface area contributed by atoms with Gasteiger partial charge in [0, 0.05) is 41.1 Å². The fourth-order valence-electron chi connectivity index (χ4n) is 3.07. The molecule has 1 amide bonds. The van der Waals surface area contributed by atoms with E-state index in [1.807, 2.05) is 24.3 Å². The van der Waals surface area contributed by atoms with Crippen molar-refractivity contribution in [1.82, 2.24) is 0 Å². The normalized spacial score (nSPS) is 14.3. The average Bonchev–Trinajstić information content (AvgIpc) is 2.75. The van der Waals surface area contributed by atoms with E-state index in [1.165, 1.54) is 6.08 Å². The first-order valence-corrected chi connectivity index (χ1v) is 9.60. The summed E-state index contributed by atoms with van der Waals surface area (Å²) in [4.78, 5) is 14.8. The summed E-state index contributed by atoms with van der Waals surface area (Å²) < 4.78 is 10.9. The summed E-state index contributed by atoms with van der Waals surface area (Å²) >= 11 is 6.10. The molecule has 0 radical (unpaired) electrons. The molecular formula is C22H22ClN3O3. The fourth-order valence-corrected chi connectivity index (χ4v) is 3.25. The van der Waals surface area contributed by atoms with Crippen LogP contribution >= 0.6 is 11.6 Å². The molecule has 1 heterocycles. The molecule has 0 aliphatic carbocycles. The van der Waals surface area contributed by atoms with Gasteiger partial charge in [0.1, 0.15) is 17.4 Å². The lowest BCUT2D eigenvalue weighted by Crippen LogP contribution is -2.36. The molecule has 0 bridgehead atoms. The lowest BCUT2D eigenvalue weighted by Gasteiger charge is -2.29. The van der Waals surface area contributed by atoms with Crippen LogP contribution in [0.1, 0.15) is 11.1 Å². The van der Waals surface area contributed by atoms with Crippen molar-refractivity contribution in [2.75, 3.05) is 43.6 Å². The third-order valence-electron chi connectivity index (χ3n) is 4.77. The summed E-state index contributed by atoms with van der Waals surface area (Å²) in [6.45, 7) is 4.80. The molecule has 1 aliphatic rings. The molecule has 0 aromatic heterocycles. The second kappa shape index (κ2) is 9.46. The first-order valence-electron chi connectivity index (χ1n) is 9.22. The summed E-state index contributed by atoms with van der Waals surface area (Å²) in [7, 11) is 1.57. The third-order valence-corrected chi connectivity index (χ3v) is 5.18. The van der Waals surface area contributed by atoms with E-state index in [2.05, 4.69) is 10.2 Å². The highest BCUT2D eigenvalue weighted by atomic mass is 35.5. The smallest absolute Gasteiger partial charge is 0.266 e. The van der Waals surface area contributed by atoms with Crippen LogP contribution in [0.4, 0.5) is 11.4 Å². The van der Waals surface area contributed by atoms with Crippen LogP contribution in [0.5, 0.6) is 5.75 Å². The number of nitrogens with one attached hydrogen (secondary N) is 1. The van der Waals surface area contributed by atoms with Gasteiger partial charge in [-0.1, -0.05) is 17.7 Å². The Morgan fingerprint density at radius 1 is 1.31 bits per heavy atom. The third kappa shape index (κ3) is 4.89. The number of amides is 1. The van der Waals surface area contributed by atoms with Gasteiger partial charge in [0.05, 0.1) is 20.3 Å². The van der Waals surface area contributed by atoms with Crippen LogP contribution in [-0.2, 0) is 9.53 Å². The van der Waals surface area contributed by atoms with Crippen molar-refractivity contribution >= 4 is 35.0 Å². The highest BCUT2D eigenvalue weighted by Crippen LogP contribution is 2.29. The Morgan fingerprint density at radius 2 is 2.07 bits per heavy atom. The van der Waals surface area contributed by atoms with E-state index in [0.29, 0.717) is 35.2 Å². The molecule has 0 spiro atoms. The van der Waals surface area contributed by atoms with Crippen molar-refractivity contribution in [3.8, 4) is 11.8 Å². The fraction of sp³-hybridized carbons (Fsp3) is 0.273. The molecule has 150 valence electrons. The van der Waals surface area contributed by atoms with Crippen LogP contribution < -0.4 is 15.0 Å². The second-order valence-electron chi connectivity index (χ2n) is 6.56. The van der Waals surface area contributed by atoms with E-state index in [-0.39, 0.29) is 5.57 Å². The van der Waals surface area contributed by atoms with Crippen molar-refractivity contribution in [1.29, 1.82) is 5.26 Å². The standard InChI is InChI=1S/C22H22ClN3O3/c1-15-19(23)4-3-5-20(15)25-22(27)17(14-24)12-16-6-7-18(13-21(16)28-2)26-8-10-29-11-9-26/h3-7,12-13H,8-11H2,1-2H3,(H,25,27). The van der Waals surface area contributed by atoms with E-state index < -0.39 is 5.91 Å². The zero-order valence-corrected chi connectivity index (χ0v) is 17.1. The van der Waals surface area contributed by atoms with Gasteiger partial charge in [-0.15, -0.1) is 0 Å². The zero-order chi connectivity index (χ0) is 20.8. The summed E-state index contributed by atoms with van der Waals surface area (Å²) in [5.74, 6) is 0.0886. The minimum Gasteiger partial charge on any atom is -0.496 e. The number of ether oxygens (including phenoxy) is 2. The largest absolute Gasteiger partial charge is 0.496 e. The highest BCUT2D eigenvalue weighted by molar-refractivity contribution is 6.31. The lowest BCUT2D eigenvalue weighted by atomic mass is 10.1. The van der Waals surface area contributed by atoms with Crippen LogP contribution in [0.3, 0.4) is 0 Å². The number of carbonyl (C=O) groups excluding carboxylic acids is 1. The first kappa shape index (κ1) is 20.7. The molecule has 0 unspecified atom stereocenters. The SMILES string of the molecule is COc1cc(N2CCOCC2)ccc1C=C(C#N)C(=O)Nc1cccc(Cl)c1C. The Balaban J connectivity index is 1.85. The molecule has 2 aromatic rings. The van der Waals surface area contributed by atoms with Crippen molar-refractivity contribution < 1.29 is 14.3 Å². The lowest BCUT2D eigenvalue weighted by molar-refractivity contribution is -0.112. The van der Waals surface area contributed by atoms with Crippen molar-refractivity contribution in [2.45, 2.75) is 6.92 Å². The van der Waals surface area contributed by atoms with Crippen LogP contribution in [0.2, 0.25) is 5.02 Å². The quantitative estimate of drug-likeness (QED) is 0.593. The molecule has 3 rings (SSSR count). The summed E-state index contributed by atoms with van der Waals surface area (Å²) in [6.07, 6.45) is 1.52. The van der Waals surface area contributed by atoms with Gasteiger partial charge in [-0.3, -0.25) is 4.79 Å². The number of benzene rings is 2. The number of carbonyl (C=O) groups is 1. The topological polar surface area (TPSA) is 74.6 Å². The van der Waals surface area contributed by atoms with E-state index in [0.717, 1.165) is 24.3 Å². The molecule has 1 fully saturated rings. The highest BCUT2D eigenvalue weighted by Gasteiger charge is 2.16. The van der Waals surface area contributed by atoms with Crippen LogP contribution in [0.15, 0.2) is 42.0 Å². The van der Waals surface area contributed by atoms with Crippen LogP contribution in [-0.4, -0.2) is 39.3 Å². The molecule has 29 heavy (non-hydrogen) atoms. The predicted molar refractivity (Wildman–Crippen MR) is 114 cm³/mol. The van der Waals surface area contributed by atoms with Gasteiger partial charge in [0.25, 0.3) is 5.91 Å². The number of nitrogens with zero attached hydrogens (tertiary/aromatic N) is 2. The van der Waals surface area contributed by atoms with E-state index in [1.54, 1.807) is 32.2 Å². The minimum absolute atomic E-state index is 0.0261.